The Labute approximate surface area is 127 Å². The molecular weight excluding hydrogens is 288 g/mol. The van der Waals surface area contributed by atoms with E-state index >= 15 is 0 Å². The molecule has 0 bridgehead atoms. The topological polar surface area (TPSA) is 80.9 Å². The maximum atomic E-state index is 12.1. The Hall–Kier alpha value is -2.14. The van der Waals surface area contributed by atoms with Crippen LogP contribution in [-0.2, 0) is 5.41 Å². The van der Waals surface area contributed by atoms with Gasteiger partial charge in [0.05, 0.1) is 5.56 Å². The van der Waals surface area contributed by atoms with Crippen LogP contribution in [0.1, 0.15) is 28.8 Å². The summed E-state index contributed by atoms with van der Waals surface area (Å²) < 4.78 is 0. The third kappa shape index (κ3) is 2.83. The van der Waals surface area contributed by atoms with Gasteiger partial charge in [-0.05, 0) is 30.5 Å². The zero-order chi connectivity index (χ0) is 14.9. The number of rotatable bonds is 4. The molecule has 1 aromatic heterocycles. The van der Waals surface area contributed by atoms with Crippen molar-refractivity contribution >= 4 is 23.3 Å². The Balaban J connectivity index is 1.69. The number of nitrogens with two attached hydrogens (primary N) is 1. The SMILES string of the molecule is Nc1ncncc1C(=O)NCC1(c2ccc(Cl)cc2)CC1. The lowest BCUT2D eigenvalue weighted by atomic mass is 9.96. The van der Waals surface area contributed by atoms with E-state index in [1.807, 2.05) is 24.3 Å². The van der Waals surface area contributed by atoms with E-state index in [2.05, 4.69) is 15.3 Å². The first kappa shape index (κ1) is 13.8. The summed E-state index contributed by atoms with van der Waals surface area (Å²) in [7, 11) is 0. The highest BCUT2D eigenvalue weighted by Gasteiger charge is 2.44. The van der Waals surface area contributed by atoms with Crippen molar-refractivity contribution in [1.29, 1.82) is 0 Å². The van der Waals surface area contributed by atoms with E-state index in [1.54, 1.807) is 0 Å². The molecule has 0 atom stereocenters. The lowest BCUT2D eigenvalue weighted by Crippen LogP contribution is -2.32. The van der Waals surface area contributed by atoms with Gasteiger partial charge >= 0.3 is 0 Å². The number of nitrogens with one attached hydrogen (secondary N) is 1. The number of nitrogen functional groups attached to an aromatic ring is 1. The number of halogens is 1. The number of hydrogen-bond acceptors (Lipinski definition) is 4. The Morgan fingerprint density at radius 1 is 1.33 bits per heavy atom. The van der Waals surface area contributed by atoms with Crippen LogP contribution in [0.3, 0.4) is 0 Å². The van der Waals surface area contributed by atoms with E-state index in [0.717, 1.165) is 12.8 Å². The molecule has 1 fully saturated rings. The largest absolute Gasteiger partial charge is 0.383 e. The van der Waals surface area contributed by atoms with E-state index < -0.39 is 0 Å². The number of nitrogens with zero attached hydrogens (tertiary/aromatic N) is 2. The van der Waals surface area contributed by atoms with Gasteiger partial charge in [0.15, 0.2) is 0 Å². The summed E-state index contributed by atoms with van der Waals surface area (Å²) in [4.78, 5) is 19.8. The quantitative estimate of drug-likeness (QED) is 0.907. The van der Waals surface area contributed by atoms with Crippen LogP contribution >= 0.6 is 11.6 Å². The normalized spacial score (nSPS) is 15.5. The molecule has 1 aromatic carbocycles. The minimum Gasteiger partial charge on any atom is -0.383 e. The lowest BCUT2D eigenvalue weighted by molar-refractivity contribution is 0.0950. The highest BCUT2D eigenvalue weighted by atomic mass is 35.5. The first-order chi connectivity index (χ1) is 10.1. The van der Waals surface area contributed by atoms with Gasteiger partial charge in [0.1, 0.15) is 12.1 Å². The standard InChI is InChI=1S/C15H15ClN4O/c16-11-3-1-10(2-4-11)15(5-6-15)8-19-14(21)12-7-18-9-20-13(12)17/h1-4,7,9H,5-6,8H2,(H,19,21)(H2,17,18,20). The molecule has 1 heterocycles. The van der Waals surface area contributed by atoms with E-state index in [4.69, 9.17) is 17.3 Å². The zero-order valence-corrected chi connectivity index (χ0v) is 12.1. The maximum absolute atomic E-state index is 12.1. The average Bonchev–Trinajstić information content (AvgIpc) is 3.27. The molecular formula is C15H15ClN4O. The molecule has 21 heavy (non-hydrogen) atoms. The van der Waals surface area contributed by atoms with Gasteiger partial charge in [0, 0.05) is 23.2 Å². The number of anilines is 1. The van der Waals surface area contributed by atoms with Crippen molar-refractivity contribution in [2.45, 2.75) is 18.3 Å². The van der Waals surface area contributed by atoms with Gasteiger partial charge in [-0.15, -0.1) is 0 Å². The van der Waals surface area contributed by atoms with E-state index in [-0.39, 0.29) is 17.1 Å². The van der Waals surface area contributed by atoms with Crippen molar-refractivity contribution in [2.75, 3.05) is 12.3 Å². The monoisotopic (exact) mass is 302 g/mol. The van der Waals surface area contributed by atoms with Gasteiger partial charge in [0.2, 0.25) is 0 Å². The van der Waals surface area contributed by atoms with Crippen molar-refractivity contribution in [1.82, 2.24) is 15.3 Å². The Morgan fingerprint density at radius 2 is 2.05 bits per heavy atom. The van der Waals surface area contributed by atoms with E-state index in [1.165, 1.54) is 18.1 Å². The fraction of sp³-hybridized carbons (Fsp3) is 0.267. The van der Waals surface area contributed by atoms with Crippen LogP contribution in [0.4, 0.5) is 5.82 Å². The second-order valence-electron chi connectivity index (χ2n) is 5.29. The summed E-state index contributed by atoms with van der Waals surface area (Å²) >= 11 is 5.91. The summed E-state index contributed by atoms with van der Waals surface area (Å²) in [5, 5.41) is 3.64. The van der Waals surface area contributed by atoms with Crippen LogP contribution in [0, 0.1) is 0 Å². The molecule has 108 valence electrons. The zero-order valence-electron chi connectivity index (χ0n) is 11.3. The fourth-order valence-corrected chi connectivity index (χ4v) is 2.51. The number of carbonyl (C=O) groups excluding carboxylic acids is 1. The van der Waals surface area contributed by atoms with Gasteiger partial charge < -0.3 is 11.1 Å². The minimum atomic E-state index is -0.242. The van der Waals surface area contributed by atoms with Crippen molar-refractivity contribution < 1.29 is 4.79 Å². The van der Waals surface area contributed by atoms with Gasteiger partial charge in [-0.1, -0.05) is 23.7 Å². The Bertz CT molecular complexity index is 668. The number of aromatic nitrogens is 2. The molecule has 1 aliphatic rings. The molecule has 0 saturated heterocycles. The first-order valence-corrected chi connectivity index (χ1v) is 7.08. The summed E-state index contributed by atoms with van der Waals surface area (Å²) in [5.41, 5.74) is 7.20. The first-order valence-electron chi connectivity index (χ1n) is 6.70. The highest BCUT2D eigenvalue weighted by molar-refractivity contribution is 6.30. The predicted molar refractivity (Wildman–Crippen MR) is 81.1 cm³/mol. The molecule has 0 spiro atoms. The van der Waals surface area contributed by atoms with Crippen molar-refractivity contribution in [2.24, 2.45) is 0 Å². The number of amides is 1. The Morgan fingerprint density at radius 3 is 2.67 bits per heavy atom. The molecule has 3 N–H and O–H groups in total. The molecule has 1 saturated carbocycles. The molecule has 3 rings (SSSR count). The third-order valence-corrected chi connectivity index (χ3v) is 4.14. The van der Waals surface area contributed by atoms with Crippen molar-refractivity contribution in [3.63, 3.8) is 0 Å². The predicted octanol–water partition coefficient (Wildman–Crippen LogP) is 2.17. The molecule has 5 nitrogen and oxygen atoms in total. The van der Waals surface area contributed by atoms with Crippen LogP contribution in [-0.4, -0.2) is 22.4 Å². The molecule has 6 heteroatoms. The molecule has 0 radical (unpaired) electrons. The average molecular weight is 303 g/mol. The van der Waals surface area contributed by atoms with Gasteiger partial charge in [-0.2, -0.15) is 0 Å². The maximum Gasteiger partial charge on any atom is 0.256 e. The third-order valence-electron chi connectivity index (χ3n) is 3.89. The lowest BCUT2D eigenvalue weighted by Gasteiger charge is -2.17. The van der Waals surface area contributed by atoms with Crippen LogP contribution in [0.15, 0.2) is 36.8 Å². The smallest absolute Gasteiger partial charge is 0.256 e. The molecule has 0 unspecified atom stereocenters. The van der Waals surface area contributed by atoms with Crippen molar-refractivity contribution in [3.8, 4) is 0 Å². The number of carbonyl (C=O) groups is 1. The molecule has 1 amide bonds. The van der Waals surface area contributed by atoms with Gasteiger partial charge in [-0.3, -0.25) is 4.79 Å². The van der Waals surface area contributed by atoms with E-state index in [0.29, 0.717) is 17.1 Å². The van der Waals surface area contributed by atoms with Crippen LogP contribution < -0.4 is 11.1 Å². The highest BCUT2D eigenvalue weighted by Crippen LogP contribution is 2.47. The van der Waals surface area contributed by atoms with Crippen LogP contribution in [0.25, 0.3) is 0 Å². The van der Waals surface area contributed by atoms with Gasteiger partial charge in [-0.25, -0.2) is 9.97 Å². The summed E-state index contributed by atoms with van der Waals surface area (Å²) in [6, 6.07) is 7.78. The van der Waals surface area contributed by atoms with Crippen molar-refractivity contribution in [3.05, 3.63) is 52.9 Å². The minimum absolute atomic E-state index is 0.0185. The number of benzene rings is 1. The summed E-state index contributed by atoms with van der Waals surface area (Å²) in [5.74, 6) is -0.0489. The van der Waals surface area contributed by atoms with Crippen LogP contribution in [0.2, 0.25) is 5.02 Å². The second kappa shape index (κ2) is 5.33. The summed E-state index contributed by atoms with van der Waals surface area (Å²) in [6.45, 7) is 0.571. The van der Waals surface area contributed by atoms with Crippen LogP contribution in [0.5, 0.6) is 0 Å². The summed E-state index contributed by atoms with van der Waals surface area (Å²) in [6.07, 6.45) is 4.85. The fourth-order valence-electron chi connectivity index (χ4n) is 2.38. The molecule has 1 aliphatic carbocycles. The molecule has 0 aliphatic heterocycles. The Kier molecular flexibility index (Phi) is 3.51. The van der Waals surface area contributed by atoms with E-state index in [9.17, 15) is 4.79 Å². The molecule has 2 aromatic rings. The number of hydrogen-bond donors (Lipinski definition) is 2. The van der Waals surface area contributed by atoms with Gasteiger partial charge in [0.25, 0.3) is 5.91 Å². The second-order valence-corrected chi connectivity index (χ2v) is 5.73.